The molecule has 4 nitrogen and oxygen atoms in total. The largest absolute Gasteiger partial charge is 0.445 e. The van der Waals surface area contributed by atoms with E-state index in [1.807, 2.05) is 48.5 Å². The number of hydrogen-bond acceptors (Lipinski definition) is 3. The summed E-state index contributed by atoms with van der Waals surface area (Å²) < 4.78 is 10.6. The molecule has 1 aliphatic heterocycles. The first-order valence-corrected chi connectivity index (χ1v) is 7.48. The van der Waals surface area contributed by atoms with E-state index >= 15 is 0 Å². The molecule has 1 N–H and O–H groups in total. The smallest absolute Gasteiger partial charge is 0.409 e. The lowest BCUT2D eigenvalue weighted by molar-refractivity contribution is 0.135. The monoisotopic (exact) mass is 297 g/mol. The number of benzene rings is 2. The van der Waals surface area contributed by atoms with Crippen LogP contribution in [0, 0.1) is 0 Å². The molecule has 1 aliphatic rings. The van der Waals surface area contributed by atoms with E-state index in [9.17, 15) is 4.79 Å². The molecule has 2 aromatic carbocycles. The van der Waals surface area contributed by atoms with Gasteiger partial charge in [0, 0.05) is 0 Å². The topological polar surface area (TPSA) is 50.9 Å². The molecule has 22 heavy (non-hydrogen) atoms. The van der Waals surface area contributed by atoms with Gasteiger partial charge in [0.1, 0.15) is 12.7 Å². The molecule has 0 aliphatic carbocycles. The molecule has 3 rings (SSSR count). The van der Waals surface area contributed by atoms with Crippen LogP contribution in [0.15, 0.2) is 60.7 Å². The van der Waals surface area contributed by atoms with Crippen molar-refractivity contribution >= 4 is 6.09 Å². The van der Waals surface area contributed by atoms with Crippen LogP contribution in [0.4, 0.5) is 4.79 Å². The normalized spacial score (nSPS) is 19.5. The van der Waals surface area contributed by atoms with Crippen LogP contribution in [0.2, 0.25) is 0 Å². The Morgan fingerprint density at radius 2 is 1.64 bits per heavy atom. The lowest BCUT2D eigenvalue weighted by Gasteiger charge is -2.05. The van der Waals surface area contributed by atoms with Gasteiger partial charge in [-0.2, -0.15) is 0 Å². The van der Waals surface area contributed by atoms with Crippen molar-refractivity contribution in [2.45, 2.75) is 31.8 Å². The van der Waals surface area contributed by atoms with Crippen molar-refractivity contribution < 1.29 is 14.3 Å². The van der Waals surface area contributed by atoms with Crippen molar-refractivity contribution in [3.63, 3.8) is 0 Å². The first-order chi connectivity index (χ1) is 10.8. The van der Waals surface area contributed by atoms with Gasteiger partial charge in [0.2, 0.25) is 0 Å². The predicted octanol–water partition coefficient (Wildman–Crippen LogP) is 3.27. The van der Waals surface area contributed by atoms with E-state index in [0.29, 0.717) is 0 Å². The molecule has 1 amide bonds. The maximum absolute atomic E-state index is 11.7. The minimum atomic E-state index is -0.434. The summed E-state index contributed by atoms with van der Waals surface area (Å²) >= 11 is 0. The summed E-state index contributed by atoms with van der Waals surface area (Å²) in [5.74, 6) is 0. The van der Waals surface area contributed by atoms with Crippen LogP contribution in [-0.2, 0) is 22.5 Å². The molecule has 4 heteroatoms. The van der Waals surface area contributed by atoms with Gasteiger partial charge < -0.3 is 9.47 Å². The van der Waals surface area contributed by atoms with Crippen LogP contribution in [0.3, 0.4) is 0 Å². The molecule has 1 fully saturated rings. The van der Waals surface area contributed by atoms with Crippen LogP contribution in [-0.4, -0.2) is 18.4 Å². The van der Waals surface area contributed by atoms with Crippen molar-refractivity contribution in [2.75, 3.05) is 0 Å². The zero-order chi connectivity index (χ0) is 15.2. The second kappa shape index (κ2) is 7.09. The van der Waals surface area contributed by atoms with E-state index in [0.717, 1.165) is 18.4 Å². The van der Waals surface area contributed by atoms with Crippen LogP contribution < -0.4 is 5.32 Å². The minimum Gasteiger partial charge on any atom is -0.445 e. The summed E-state index contributed by atoms with van der Waals surface area (Å²) in [6, 6.07) is 19.9. The fraction of sp³-hybridized carbons (Fsp3) is 0.278. The van der Waals surface area contributed by atoms with Crippen molar-refractivity contribution in [3.05, 3.63) is 71.8 Å². The molecular weight excluding hydrogens is 278 g/mol. The van der Waals surface area contributed by atoms with Gasteiger partial charge in [-0.05, 0) is 24.0 Å². The van der Waals surface area contributed by atoms with Crippen molar-refractivity contribution in [3.8, 4) is 0 Å². The predicted molar refractivity (Wildman–Crippen MR) is 83.2 cm³/mol. The molecule has 2 atom stereocenters. The number of aryl methyl sites for hydroxylation is 1. The number of ether oxygens (including phenoxy) is 2. The Bertz CT molecular complexity index is 600. The van der Waals surface area contributed by atoms with Crippen molar-refractivity contribution in [1.82, 2.24) is 5.32 Å². The van der Waals surface area contributed by atoms with Gasteiger partial charge in [-0.25, -0.2) is 4.79 Å². The summed E-state index contributed by atoms with van der Waals surface area (Å²) in [5.41, 5.74) is 2.25. The zero-order valence-corrected chi connectivity index (χ0v) is 12.3. The fourth-order valence-corrected chi connectivity index (χ4v) is 2.32. The van der Waals surface area contributed by atoms with Crippen molar-refractivity contribution in [1.29, 1.82) is 0 Å². The summed E-state index contributed by atoms with van der Waals surface area (Å²) in [6.07, 6.45) is 1.28. The van der Waals surface area contributed by atoms with Gasteiger partial charge in [0.25, 0.3) is 0 Å². The van der Waals surface area contributed by atoms with Gasteiger partial charge in [-0.3, -0.25) is 5.32 Å². The van der Waals surface area contributed by atoms with E-state index in [-0.39, 0.29) is 18.9 Å². The Kier molecular flexibility index (Phi) is 4.71. The van der Waals surface area contributed by atoms with E-state index in [1.54, 1.807) is 0 Å². The Hall–Kier alpha value is -2.33. The Balaban J connectivity index is 1.34. The maximum Gasteiger partial charge on any atom is 0.409 e. The van der Waals surface area contributed by atoms with Gasteiger partial charge in [-0.1, -0.05) is 60.7 Å². The van der Waals surface area contributed by atoms with Crippen LogP contribution in [0.25, 0.3) is 0 Å². The summed E-state index contributed by atoms with van der Waals surface area (Å²) in [4.78, 5) is 11.7. The van der Waals surface area contributed by atoms with E-state index < -0.39 is 6.09 Å². The van der Waals surface area contributed by atoms with Gasteiger partial charge >= 0.3 is 6.09 Å². The number of carbonyl (C=O) groups excluding carboxylic acids is 1. The second-order valence-corrected chi connectivity index (χ2v) is 5.33. The number of amides is 1. The molecule has 0 saturated carbocycles. The Labute approximate surface area is 130 Å². The van der Waals surface area contributed by atoms with Gasteiger partial charge in [-0.15, -0.1) is 0 Å². The lowest BCUT2D eigenvalue weighted by atomic mass is 10.1. The van der Waals surface area contributed by atoms with E-state index in [1.165, 1.54) is 5.56 Å². The summed E-state index contributed by atoms with van der Waals surface area (Å²) in [5, 5.41) is 2.73. The SMILES string of the molecule is O=C(NC1OC1CCc1ccccc1)OCc1ccccc1. The number of rotatable bonds is 6. The minimum absolute atomic E-state index is 0.0875. The number of alkyl carbamates (subject to hydrolysis) is 1. The Morgan fingerprint density at radius 3 is 2.32 bits per heavy atom. The zero-order valence-electron chi connectivity index (χ0n) is 12.3. The van der Waals surface area contributed by atoms with E-state index in [2.05, 4.69) is 17.4 Å². The first kappa shape index (κ1) is 14.6. The van der Waals surface area contributed by atoms with Crippen LogP contribution >= 0.6 is 0 Å². The van der Waals surface area contributed by atoms with E-state index in [4.69, 9.17) is 9.47 Å². The molecule has 0 radical (unpaired) electrons. The average molecular weight is 297 g/mol. The number of carbonyl (C=O) groups is 1. The van der Waals surface area contributed by atoms with Crippen LogP contribution in [0.5, 0.6) is 0 Å². The number of nitrogens with one attached hydrogen (secondary N) is 1. The van der Waals surface area contributed by atoms with Crippen LogP contribution in [0.1, 0.15) is 17.5 Å². The maximum atomic E-state index is 11.7. The highest BCUT2D eigenvalue weighted by Gasteiger charge is 2.39. The highest BCUT2D eigenvalue weighted by atomic mass is 16.6. The first-order valence-electron chi connectivity index (χ1n) is 7.48. The quantitative estimate of drug-likeness (QED) is 0.833. The van der Waals surface area contributed by atoms with Gasteiger partial charge in [0.15, 0.2) is 6.23 Å². The molecule has 0 spiro atoms. The number of hydrogen-bond donors (Lipinski definition) is 1. The molecule has 1 saturated heterocycles. The molecular formula is C18H19NO3. The van der Waals surface area contributed by atoms with Crippen molar-refractivity contribution in [2.24, 2.45) is 0 Å². The molecule has 0 aromatic heterocycles. The molecule has 0 bridgehead atoms. The second-order valence-electron chi connectivity index (χ2n) is 5.33. The highest BCUT2D eigenvalue weighted by Crippen LogP contribution is 2.24. The highest BCUT2D eigenvalue weighted by molar-refractivity contribution is 5.67. The molecule has 2 unspecified atom stereocenters. The summed E-state index contributed by atoms with van der Waals surface area (Å²) in [6.45, 7) is 0.272. The third kappa shape index (κ3) is 4.33. The molecule has 2 aromatic rings. The fourth-order valence-electron chi connectivity index (χ4n) is 2.32. The third-order valence-corrected chi connectivity index (χ3v) is 3.62. The number of epoxide rings is 1. The summed E-state index contributed by atoms with van der Waals surface area (Å²) in [7, 11) is 0. The molecule has 114 valence electrons. The molecule has 1 heterocycles. The lowest BCUT2D eigenvalue weighted by Crippen LogP contribution is -2.28. The van der Waals surface area contributed by atoms with Gasteiger partial charge in [0.05, 0.1) is 0 Å². The Morgan fingerprint density at radius 1 is 1.00 bits per heavy atom. The standard InChI is InChI=1S/C18H19NO3/c20-18(21-13-15-9-5-2-6-10-15)19-17-16(22-17)12-11-14-7-3-1-4-8-14/h1-10,16-17H,11-13H2,(H,19,20). The third-order valence-electron chi connectivity index (χ3n) is 3.62. The average Bonchev–Trinajstić information content (AvgIpc) is 3.31.